The van der Waals surface area contributed by atoms with Crippen LogP contribution in [0.15, 0.2) is 36.5 Å². The van der Waals surface area contributed by atoms with Crippen molar-refractivity contribution in [1.82, 2.24) is 9.97 Å². The molecule has 2 rings (SSSR count). The van der Waals surface area contributed by atoms with Gasteiger partial charge in [-0.2, -0.15) is 0 Å². The van der Waals surface area contributed by atoms with Gasteiger partial charge in [0.1, 0.15) is 5.82 Å². The number of nitrogens with zero attached hydrogens (tertiary/aromatic N) is 2. The van der Waals surface area contributed by atoms with Gasteiger partial charge < -0.3 is 5.73 Å². The zero-order valence-electron chi connectivity index (χ0n) is 7.94. The number of aryl methyl sites for hydroxylation is 1. The minimum absolute atomic E-state index is 0.529. The van der Waals surface area contributed by atoms with E-state index in [1.807, 2.05) is 31.2 Å². The zero-order valence-corrected chi connectivity index (χ0v) is 7.94. The molecule has 0 amide bonds. The van der Waals surface area contributed by atoms with Crippen LogP contribution in [0.4, 0.5) is 5.82 Å². The van der Waals surface area contributed by atoms with E-state index in [-0.39, 0.29) is 0 Å². The number of hydrogen-bond donors (Lipinski definition) is 1. The van der Waals surface area contributed by atoms with Gasteiger partial charge in [-0.05, 0) is 31.2 Å². The number of hydrogen-bond acceptors (Lipinski definition) is 3. The molecule has 0 saturated carbocycles. The maximum atomic E-state index is 5.50. The van der Waals surface area contributed by atoms with Gasteiger partial charge in [-0.1, -0.05) is 6.07 Å². The van der Waals surface area contributed by atoms with Crippen molar-refractivity contribution in [3.63, 3.8) is 0 Å². The fraction of sp³-hybridized carbons (Fsp3) is 0.0909. The molecule has 3 nitrogen and oxygen atoms in total. The Hall–Kier alpha value is -1.90. The fourth-order valence-electron chi connectivity index (χ4n) is 1.26. The molecule has 0 fully saturated rings. The summed E-state index contributed by atoms with van der Waals surface area (Å²) < 4.78 is 0. The third-order valence-corrected chi connectivity index (χ3v) is 1.97. The molecule has 0 aliphatic rings. The van der Waals surface area contributed by atoms with Gasteiger partial charge >= 0.3 is 0 Å². The summed E-state index contributed by atoms with van der Waals surface area (Å²) in [5.41, 5.74) is 8.42. The summed E-state index contributed by atoms with van der Waals surface area (Å²) in [4.78, 5) is 8.42. The van der Waals surface area contributed by atoms with Gasteiger partial charge in [-0.3, -0.25) is 4.98 Å². The molecule has 14 heavy (non-hydrogen) atoms. The second-order valence-electron chi connectivity index (χ2n) is 3.14. The molecule has 0 saturated heterocycles. The molecule has 70 valence electrons. The van der Waals surface area contributed by atoms with Crippen LogP contribution in [0, 0.1) is 6.92 Å². The summed E-state index contributed by atoms with van der Waals surface area (Å²) in [6, 6.07) is 9.60. The van der Waals surface area contributed by atoms with Crippen LogP contribution >= 0.6 is 0 Å². The zero-order chi connectivity index (χ0) is 9.97. The van der Waals surface area contributed by atoms with E-state index in [1.54, 1.807) is 12.3 Å². The molecule has 0 aliphatic heterocycles. The Morgan fingerprint density at radius 3 is 2.64 bits per heavy atom. The van der Waals surface area contributed by atoms with Gasteiger partial charge in [0.05, 0.1) is 5.69 Å². The van der Waals surface area contributed by atoms with E-state index in [1.165, 1.54) is 0 Å². The highest BCUT2D eigenvalue weighted by Crippen LogP contribution is 2.16. The van der Waals surface area contributed by atoms with E-state index in [0.717, 1.165) is 17.0 Å². The molecule has 0 unspecified atom stereocenters. The Labute approximate surface area is 82.6 Å². The van der Waals surface area contributed by atoms with Crippen LogP contribution in [0.5, 0.6) is 0 Å². The second-order valence-corrected chi connectivity index (χ2v) is 3.14. The van der Waals surface area contributed by atoms with Gasteiger partial charge in [0, 0.05) is 17.5 Å². The highest BCUT2D eigenvalue weighted by molar-refractivity contribution is 5.59. The Bertz CT molecular complexity index is 435. The molecular formula is C11H11N3. The van der Waals surface area contributed by atoms with Gasteiger partial charge in [-0.15, -0.1) is 0 Å². The van der Waals surface area contributed by atoms with Crippen LogP contribution in [-0.2, 0) is 0 Å². The summed E-state index contributed by atoms with van der Waals surface area (Å²) in [6.45, 7) is 1.97. The first-order valence-corrected chi connectivity index (χ1v) is 4.41. The first-order valence-electron chi connectivity index (χ1n) is 4.41. The van der Waals surface area contributed by atoms with Crippen molar-refractivity contribution >= 4 is 5.82 Å². The quantitative estimate of drug-likeness (QED) is 0.739. The Morgan fingerprint density at radius 2 is 2.00 bits per heavy atom. The lowest BCUT2D eigenvalue weighted by atomic mass is 10.2. The molecule has 0 spiro atoms. The number of nitrogen functional groups attached to an aromatic ring is 1. The number of nitrogens with two attached hydrogens (primary N) is 1. The van der Waals surface area contributed by atoms with Gasteiger partial charge in [0.2, 0.25) is 0 Å². The van der Waals surface area contributed by atoms with E-state index in [0.29, 0.717) is 5.82 Å². The molecule has 0 aromatic carbocycles. The number of rotatable bonds is 1. The number of aromatic nitrogens is 2. The third-order valence-electron chi connectivity index (χ3n) is 1.97. The highest BCUT2D eigenvalue weighted by atomic mass is 14.8. The SMILES string of the molecule is Cc1cccc(-c2ccc(N)nc2)n1. The number of pyridine rings is 2. The van der Waals surface area contributed by atoms with Gasteiger partial charge in [0.25, 0.3) is 0 Å². The van der Waals surface area contributed by atoms with Crippen LogP contribution in [-0.4, -0.2) is 9.97 Å². The maximum Gasteiger partial charge on any atom is 0.123 e. The van der Waals surface area contributed by atoms with E-state index in [2.05, 4.69) is 9.97 Å². The maximum absolute atomic E-state index is 5.50. The molecule has 2 aromatic rings. The summed E-state index contributed by atoms with van der Waals surface area (Å²) in [6.07, 6.45) is 1.73. The summed E-state index contributed by atoms with van der Waals surface area (Å²) >= 11 is 0. The second kappa shape index (κ2) is 3.46. The van der Waals surface area contributed by atoms with E-state index in [9.17, 15) is 0 Å². The van der Waals surface area contributed by atoms with Crippen molar-refractivity contribution in [2.45, 2.75) is 6.92 Å². The third kappa shape index (κ3) is 1.71. The summed E-state index contributed by atoms with van der Waals surface area (Å²) in [5.74, 6) is 0.529. The van der Waals surface area contributed by atoms with Crippen molar-refractivity contribution in [2.75, 3.05) is 5.73 Å². The smallest absolute Gasteiger partial charge is 0.123 e. The molecule has 0 aliphatic carbocycles. The lowest BCUT2D eigenvalue weighted by Gasteiger charge is -2.01. The van der Waals surface area contributed by atoms with Crippen LogP contribution < -0.4 is 5.73 Å². The first-order chi connectivity index (χ1) is 6.75. The average Bonchev–Trinajstić information content (AvgIpc) is 2.19. The monoisotopic (exact) mass is 185 g/mol. The Morgan fingerprint density at radius 1 is 1.14 bits per heavy atom. The predicted molar refractivity (Wildman–Crippen MR) is 56.6 cm³/mol. The van der Waals surface area contributed by atoms with Gasteiger partial charge in [-0.25, -0.2) is 4.98 Å². The lowest BCUT2D eigenvalue weighted by molar-refractivity contribution is 1.20. The molecule has 2 aromatic heterocycles. The van der Waals surface area contributed by atoms with Crippen LogP contribution in [0.25, 0.3) is 11.3 Å². The van der Waals surface area contributed by atoms with Crippen molar-refractivity contribution in [1.29, 1.82) is 0 Å². The summed E-state index contributed by atoms with van der Waals surface area (Å²) in [5, 5.41) is 0. The van der Waals surface area contributed by atoms with E-state index < -0.39 is 0 Å². The van der Waals surface area contributed by atoms with Crippen LogP contribution in [0.1, 0.15) is 5.69 Å². The molecule has 3 heteroatoms. The molecule has 2 heterocycles. The minimum atomic E-state index is 0.529. The van der Waals surface area contributed by atoms with Crippen LogP contribution in [0.3, 0.4) is 0 Å². The minimum Gasteiger partial charge on any atom is -0.384 e. The lowest BCUT2D eigenvalue weighted by Crippen LogP contribution is -1.90. The van der Waals surface area contributed by atoms with Gasteiger partial charge in [0.15, 0.2) is 0 Å². The molecule has 0 radical (unpaired) electrons. The molecular weight excluding hydrogens is 174 g/mol. The Kier molecular flexibility index (Phi) is 2.14. The molecule has 0 bridgehead atoms. The van der Waals surface area contributed by atoms with Crippen LogP contribution in [0.2, 0.25) is 0 Å². The topological polar surface area (TPSA) is 51.8 Å². The van der Waals surface area contributed by atoms with E-state index in [4.69, 9.17) is 5.73 Å². The normalized spacial score (nSPS) is 10.1. The fourth-order valence-corrected chi connectivity index (χ4v) is 1.26. The van der Waals surface area contributed by atoms with Crippen molar-refractivity contribution in [3.05, 3.63) is 42.2 Å². The first kappa shape index (κ1) is 8.69. The largest absolute Gasteiger partial charge is 0.384 e. The highest BCUT2D eigenvalue weighted by Gasteiger charge is 1.98. The average molecular weight is 185 g/mol. The van der Waals surface area contributed by atoms with Crippen molar-refractivity contribution in [2.24, 2.45) is 0 Å². The van der Waals surface area contributed by atoms with Crippen molar-refractivity contribution in [3.8, 4) is 11.3 Å². The number of anilines is 1. The standard InChI is InChI=1S/C11H11N3/c1-8-3-2-4-10(14-8)9-5-6-11(12)13-7-9/h2-7H,1H3,(H2,12,13). The summed E-state index contributed by atoms with van der Waals surface area (Å²) in [7, 11) is 0. The van der Waals surface area contributed by atoms with Crippen molar-refractivity contribution < 1.29 is 0 Å². The predicted octanol–water partition coefficient (Wildman–Crippen LogP) is 2.03. The molecule has 0 atom stereocenters. The Balaban J connectivity index is 2.44. The molecule has 2 N–H and O–H groups in total. The van der Waals surface area contributed by atoms with E-state index >= 15 is 0 Å².